The van der Waals surface area contributed by atoms with Crippen molar-refractivity contribution < 1.29 is 18.3 Å². The van der Waals surface area contributed by atoms with Gasteiger partial charge in [-0.25, -0.2) is 0 Å². The van der Waals surface area contributed by atoms with E-state index in [1.807, 2.05) is 6.26 Å². The normalized spacial score (nSPS) is 12.2. The van der Waals surface area contributed by atoms with Crippen LogP contribution in [0.4, 0.5) is 8.78 Å². The van der Waals surface area contributed by atoms with Crippen LogP contribution in [0.3, 0.4) is 0 Å². The number of nitrogens with one attached hydrogen (secondary N) is 1. The van der Waals surface area contributed by atoms with Crippen molar-refractivity contribution in [2.24, 2.45) is 5.73 Å². The monoisotopic (exact) mass is 304 g/mol. The third-order valence-electron chi connectivity index (χ3n) is 2.56. The molecular formula is C13H18F2N2O2S. The molecule has 0 heterocycles. The van der Waals surface area contributed by atoms with Gasteiger partial charge < -0.3 is 15.8 Å². The number of rotatable bonds is 8. The summed E-state index contributed by atoms with van der Waals surface area (Å²) in [6, 6.07) is 5.64. The van der Waals surface area contributed by atoms with Crippen molar-refractivity contribution in [2.75, 3.05) is 12.0 Å². The Morgan fingerprint density at radius 1 is 1.50 bits per heavy atom. The number of carbonyl (C=O) groups excluding carboxylic acids is 1. The molecule has 1 aromatic carbocycles. The van der Waals surface area contributed by atoms with Gasteiger partial charge >= 0.3 is 6.61 Å². The highest BCUT2D eigenvalue weighted by Gasteiger charge is 2.12. The fourth-order valence-corrected chi connectivity index (χ4v) is 2.02. The van der Waals surface area contributed by atoms with Crippen molar-refractivity contribution in [1.82, 2.24) is 5.32 Å². The van der Waals surface area contributed by atoms with Crippen LogP contribution in [0.1, 0.15) is 12.0 Å². The second-order valence-electron chi connectivity index (χ2n) is 4.13. The molecule has 0 unspecified atom stereocenters. The first-order valence-electron chi connectivity index (χ1n) is 6.09. The molecule has 112 valence electrons. The van der Waals surface area contributed by atoms with Gasteiger partial charge in [-0.2, -0.15) is 20.5 Å². The lowest BCUT2D eigenvalue weighted by molar-refractivity contribution is -0.122. The second kappa shape index (κ2) is 8.76. The Labute approximate surface area is 121 Å². The summed E-state index contributed by atoms with van der Waals surface area (Å²) in [5.41, 5.74) is 6.39. The predicted molar refractivity (Wildman–Crippen MR) is 75.9 cm³/mol. The molecule has 0 saturated carbocycles. The molecule has 0 spiro atoms. The zero-order valence-corrected chi connectivity index (χ0v) is 12.0. The first-order valence-corrected chi connectivity index (χ1v) is 7.48. The molecule has 4 nitrogen and oxygen atoms in total. The minimum Gasteiger partial charge on any atom is -0.435 e. The molecule has 0 aliphatic carbocycles. The quantitative estimate of drug-likeness (QED) is 0.771. The van der Waals surface area contributed by atoms with Gasteiger partial charge in [0.15, 0.2) is 0 Å². The first-order chi connectivity index (χ1) is 9.52. The highest BCUT2D eigenvalue weighted by atomic mass is 32.2. The van der Waals surface area contributed by atoms with Gasteiger partial charge in [-0.3, -0.25) is 4.79 Å². The Kier molecular flexibility index (Phi) is 7.32. The van der Waals surface area contributed by atoms with Gasteiger partial charge in [0.1, 0.15) is 5.75 Å². The number of carbonyl (C=O) groups is 1. The number of alkyl halides is 2. The Hall–Kier alpha value is -1.34. The van der Waals surface area contributed by atoms with Crippen molar-refractivity contribution >= 4 is 17.7 Å². The van der Waals surface area contributed by atoms with E-state index in [9.17, 15) is 13.6 Å². The van der Waals surface area contributed by atoms with Gasteiger partial charge in [-0.1, -0.05) is 12.1 Å². The van der Waals surface area contributed by atoms with Gasteiger partial charge in [0, 0.05) is 6.54 Å². The molecule has 0 aliphatic rings. The lowest BCUT2D eigenvalue weighted by Crippen LogP contribution is -2.40. The molecule has 7 heteroatoms. The van der Waals surface area contributed by atoms with Crippen LogP contribution in [0.25, 0.3) is 0 Å². The van der Waals surface area contributed by atoms with E-state index < -0.39 is 12.7 Å². The van der Waals surface area contributed by atoms with Gasteiger partial charge in [0.05, 0.1) is 6.04 Å². The summed E-state index contributed by atoms with van der Waals surface area (Å²) in [5.74, 6) is 0.629. The van der Waals surface area contributed by atoms with Crippen LogP contribution in [0.2, 0.25) is 0 Å². The molecule has 0 bridgehead atoms. The third kappa shape index (κ3) is 6.21. The topological polar surface area (TPSA) is 64.4 Å². The zero-order chi connectivity index (χ0) is 15.0. The molecule has 0 aromatic heterocycles. The largest absolute Gasteiger partial charge is 0.435 e. The van der Waals surface area contributed by atoms with E-state index in [0.29, 0.717) is 12.0 Å². The Morgan fingerprint density at radius 3 is 2.90 bits per heavy atom. The minimum atomic E-state index is -2.86. The Balaban J connectivity index is 2.46. The van der Waals surface area contributed by atoms with Crippen LogP contribution in [0, 0.1) is 0 Å². The molecule has 1 amide bonds. The minimum absolute atomic E-state index is 0.0680. The van der Waals surface area contributed by atoms with E-state index in [1.54, 1.807) is 23.9 Å². The summed E-state index contributed by atoms with van der Waals surface area (Å²) in [4.78, 5) is 11.7. The standard InChI is InChI=1S/C13H18F2N2O2S/c1-20-6-5-11(16)12(18)17-8-9-3-2-4-10(7-9)19-13(14)15/h2-4,7,11,13H,5-6,8,16H2,1H3,(H,17,18)/t11-/m0/s1. The maximum atomic E-state index is 12.1. The van der Waals surface area contributed by atoms with Crippen LogP contribution in [0.5, 0.6) is 5.75 Å². The lowest BCUT2D eigenvalue weighted by atomic mass is 10.2. The number of thioether (sulfide) groups is 1. The summed E-state index contributed by atoms with van der Waals surface area (Å²) in [6.07, 6.45) is 2.54. The fraction of sp³-hybridized carbons (Fsp3) is 0.462. The lowest BCUT2D eigenvalue weighted by Gasteiger charge is -2.12. The van der Waals surface area contributed by atoms with Crippen LogP contribution >= 0.6 is 11.8 Å². The average Bonchev–Trinajstić information content (AvgIpc) is 2.41. The van der Waals surface area contributed by atoms with Crippen molar-refractivity contribution in [3.63, 3.8) is 0 Å². The number of halogens is 2. The van der Waals surface area contributed by atoms with Crippen LogP contribution in [-0.2, 0) is 11.3 Å². The van der Waals surface area contributed by atoms with E-state index in [4.69, 9.17) is 5.73 Å². The van der Waals surface area contributed by atoms with E-state index >= 15 is 0 Å². The number of benzene rings is 1. The van der Waals surface area contributed by atoms with Gasteiger partial charge in [0.25, 0.3) is 0 Å². The first kappa shape index (κ1) is 16.7. The summed E-state index contributed by atoms with van der Waals surface area (Å²) >= 11 is 1.62. The van der Waals surface area contributed by atoms with Crippen LogP contribution in [-0.4, -0.2) is 30.6 Å². The number of ether oxygens (including phenoxy) is 1. The van der Waals surface area contributed by atoms with E-state index in [1.165, 1.54) is 12.1 Å². The smallest absolute Gasteiger partial charge is 0.387 e. The summed E-state index contributed by atoms with van der Waals surface area (Å²) < 4.78 is 28.4. The number of hydrogen-bond acceptors (Lipinski definition) is 4. The Bertz CT molecular complexity index is 433. The van der Waals surface area contributed by atoms with Gasteiger partial charge in [-0.15, -0.1) is 0 Å². The molecule has 0 aliphatic heterocycles. The molecule has 1 rings (SSSR count). The maximum Gasteiger partial charge on any atom is 0.387 e. The van der Waals surface area contributed by atoms with Crippen molar-refractivity contribution in [2.45, 2.75) is 25.6 Å². The van der Waals surface area contributed by atoms with Gasteiger partial charge in [0.2, 0.25) is 5.91 Å². The van der Waals surface area contributed by atoms with Crippen LogP contribution in [0.15, 0.2) is 24.3 Å². The predicted octanol–water partition coefficient (Wildman–Crippen LogP) is 1.98. The van der Waals surface area contributed by atoms with Crippen molar-refractivity contribution in [3.05, 3.63) is 29.8 Å². The maximum absolute atomic E-state index is 12.1. The summed E-state index contributed by atoms with van der Waals surface area (Å²) in [6.45, 7) is -2.63. The highest BCUT2D eigenvalue weighted by molar-refractivity contribution is 7.98. The molecule has 0 fully saturated rings. The second-order valence-corrected chi connectivity index (χ2v) is 5.12. The SMILES string of the molecule is CSCC[C@H](N)C(=O)NCc1cccc(OC(F)F)c1. The van der Waals surface area contributed by atoms with E-state index in [-0.39, 0.29) is 18.2 Å². The number of hydrogen-bond donors (Lipinski definition) is 2. The molecule has 0 saturated heterocycles. The molecular weight excluding hydrogens is 286 g/mol. The number of nitrogens with two attached hydrogens (primary N) is 1. The molecule has 20 heavy (non-hydrogen) atoms. The number of amides is 1. The fourth-order valence-electron chi connectivity index (χ4n) is 1.53. The Morgan fingerprint density at radius 2 is 2.25 bits per heavy atom. The third-order valence-corrected chi connectivity index (χ3v) is 3.20. The van der Waals surface area contributed by atoms with Crippen LogP contribution < -0.4 is 15.8 Å². The summed E-state index contributed by atoms with van der Waals surface area (Å²) in [5, 5.41) is 2.67. The average molecular weight is 304 g/mol. The zero-order valence-electron chi connectivity index (χ0n) is 11.1. The van der Waals surface area contributed by atoms with Crippen molar-refractivity contribution in [3.8, 4) is 5.75 Å². The van der Waals surface area contributed by atoms with E-state index in [0.717, 1.165) is 5.75 Å². The van der Waals surface area contributed by atoms with E-state index in [2.05, 4.69) is 10.1 Å². The molecule has 1 aromatic rings. The highest BCUT2D eigenvalue weighted by Crippen LogP contribution is 2.15. The molecule has 1 atom stereocenters. The van der Waals surface area contributed by atoms with Crippen molar-refractivity contribution in [1.29, 1.82) is 0 Å². The molecule has 3 N–H and O–H groups in total. The molecule has 0 radical (unpaired) electrons. The van der Waals surface area contributed by atoms with Gasteiger partial charge in [-0.05, 0) is 36.1 Å². The summed E-state index contributed by atoms with van der Waals surface area (Å²) in [7, 11) is 0.